The standard InChI is InChI=1S/C28H32N2O2S/c1-5-20-13-15-21(16-14-20)29(6-2)28(32)25-22-10-7-8-11-23(22)27(31)30(18-19(3)4)26(25)24-12-9-17-33-24/h7-17,19,25-26H,5-6,18H2,1-4H3/t25-,26-/m1/s1. The number of fused-ring (bicyclic) bond motifs is 1. The molecule has 0 aliphatic carbocycles. The number of carbonyl (C=O) groups excluding carboxylic acids is 2. The molecular weight excluding hydrogens is 428 g/mol. The van der Waals surface area contributed by atoms with E-state index < -0.39 is 5.92 Å². The fraction of sp³-hybridized carbons (Fsp3) is 0.357. The van der Waals surface area contributed by atoms with Gasteiger partial charge in [0.05, 0.1) is 12.0 Å². The van der Waals surface area contributed by atoms with Crippen LogP contribution in [0.25, 0.3) is 0 Å². The number of anilines is 1. The number of likely N-dealkylation sites (N-methyl/N-ethyl adjacent to an activating group) is 1. The Labute approximate surface area is 200 Å². The summed E-state index contributed by atoms with van der Waals surface area (Å²) in [6.07, 6.45) is 0.961. The van der Waals surface area contributed by atoms with Crippen LogP contribution in [0.3, 0.4) is 0 Å². The molecule has 0 spiro atoms. The minimum atomic E-state index is -0.456. The molecule has 0 radical (unpaired) electrons. The lowest BCUT2D eigenvalue weighted by atomic mass is 9.80. The molecule has 2 aromatic carbocycles. The first-order valence-electron chi connectivity index (χ1n) is 11.8. The smallest absolute Gasteiger partial charge is 0.254 e. The lowest BCUT2D eigenvalue weighted by Gasteiger charge is -2.43. The van der Waals surface area contributed by atoms with Crippen molar-refractivity contribution < 1.29 is 9.59 Å². The lowest BCUT2D eigenvalue weighted by molar-refractivity contribution is -0.121. The zero-order chi connectivity index (χ0) is 23.5. The SMILES string of the molecule is CCc1ccc(N(CC)C(=O)[C@@H]2c3ccccc3C(=O)N(CC(C)C)[C@@H]2c2cccs2)cc1. The van der Waals surface area contributed by atoms with Crippen LogP contribution in [0, 0.1) is 5.92 Å². The molecule has 2 atom stereocenters. The number of carbonyl (C=O) groups is 2. The Hall–Kier alpha value is -2.92. The number of benzene rings is 2. The summed E-state index contributed by atoms with van der Waals surface area (Å²) in [7, 11) is 0. The van der Waals surface area contributed by atoms with E-state index >= 15 is 0 Å². The highest BCUT2D eigenvalue weighted by atomic mass is 32.1. The van der Waals surface area contributed by atoms with Crippen molar-refractivity contribution in [1.82, 2.24) is 4.90 Å². The van der Waals surface area contributed by atoms with Crippen molar-refractivity contribution in [3.8, 4) is 0 Å². The fourth-order valence-corrected chi connectivity index (χ4v) is 5.65. The van der Waals surface area contributed by atoms with Gasteiger partial charge in [0.2, 0.25) is 5.91 Å². The number of aryl methyl sites for hydroxylation is 1. The summed E-state index contributed by atoms with van der Waals surface area (Å²) in [4.78, 5) is 32.7. The Kier molecular flexibility index (Phi) is 6.99. The zero-order valence-electron chi connectivity index (χ0n) is 19.8. The molecule has 1 aliphatic heterocycles. The van der Waals surface area contributed by atoms with E-state index in [9.17, 15) is 9.59 Å². The quantitative estimate of drug-likeness (QED) is 0.415. The molecule has 3 aromatic rings. The maximum absolute atomic E-state index is 14.3. The number of rotatable bonds is 7. The van der Waals surface area contributed by atoms with Gasteiger partial charge < -0.3 is 9.80 Å². The van der Waals surface area contributed by atoms with E-state index in [0.717, 1.165) is 22.5 Å². The first-order valence-corrected chi connectivity index (χ1v) is 12.7. The number of amides is 2. The Morgan fingerprint density at radius 1 is 1.03 bits per heavy atom. The third-order valence-electron chi connectivity index (χ3n) is 6.34. The summed E-state index contributed by atoms with van der Waals surface area (Å²) in [6, 6.07) is 19.6. The monoisotopic (exact) mass is 460 g/mol. The van der Waals surface area contributed by atoms with E-state index in [1.807, 2.05) is 64.6 Å². The third kappa shape index (κ3) is 4.47. The zero-order valence-corrected chi connectivity index (χ0v) is 20.6. The first kappa shape index (κ1) is 23.2. The normalized spacial score (nSPS) is 17.8. The van der Waals surface area contributed by atoms with Crippen LogP contribution in [0.2, 0.25) is 0 Å². The number of hydrogen-bond donors (Lipinski definition) is 0. The van der Waals surface area contributed by atoms with Crippen molar-refractivity contribution >= 4 is 28.8 Å². The first-order chi connectivity index (χ1) is 16.0. The van der Waals surface area contributed by atoms with Crippen LogP contribution in [0.15, 0.2) is 66.0 Å². The van der Waals surface area contributed by atoms with Gasteiger partial charge in [-0.05, 0) is 60.0 Å². The molecule has 4 nitrogen and oxygen atoms in total. The van der Waals surface area contributed by atoms with Gasteiger partial charge in [-0.3, -0.25) is 9.59 Å². The molecule has 4 rings (SSSR count). The summed E-state index contributed by atoms with van der Waals surface area (Å²) >= 11 is 1.61. The molecule has 0 saturated heterocycles. The van der Waals surface area contributed by atoms with Crippen LogP contribution >= 0.6 is 11.3 Å². The molecular formula is C28H32N2O2S. The fourth-order valence-electron chi connectivity index (χ4n) is 4.77. The second-order valence-electron chi connectivity index (χ2n) is 8.98. The highest BCUT2D eigenvalue weighted by Crippen LogP contribution is 2.45. The average molecular weight is 461 g/mol. The van der Waals surface area contributed by atoms with Gasteiger partial charge in [0.25, 0.3) is 5.91 Å². The number of thiophene rings is 1. The van der Waals surface area contributed by atoms with Gasteiger partial charge in [-0.25, -0.2) is 0 Å². The molecule has 0 N–H and O–H groups in total. The largest absolute Gasteiger partial charge is 0.329 e. The van der Waals surface area contributed by atoms with Crippen LogP contribution in [0.4, 0.5) is 5.69 Å². The molecule has 0 bridgehead atoms. The average Bonchev–Trinajstić information content (AvgIpc) is 3.36. The highest BCUT2D eigenvalue weighted by molar-refractivity contribution is 7.10. The predicted octanol–water partition coefficient (Wildman–Crippen LogP) is 6.30. The van der Waals surface area contributed by atoms with Crippen LogP contribution in [0.1, 0.15) is 66.0 Å². The maximum atomic E-state index is 14.3. The molecule has 33 heavy (non-hydrogen) atoms. The van der Waals surface area contributed by atoms with Crippen molar-refractivity contribution in [2.24, 2.45) is 5.92 Å². The van der Waals surface area contributed by atoms with Crippen molar-refractivity contribution in [2.75, 3.05) is 18.0 Å². The van der Waals surface area contributed by atoms with Gasteiger partial charge in [-0.2, -0.15) is 0 Å². The number of nitrogens with zero attached hydrogens (tertiary/aromatic N) is 2. The molecule has 1 aromatic heterocycles. The van der Waals surface area contributed by atoms with Gasteiger partial charge in [0.15, 0.2) is 0 Å². The summed E-state index contributed by atoms with van der Waals surface area (Å²) in [6.45, 7) is 9.54. The lowest BCUT2D eigenvalue weighted by Crippen LogP contribution is -2.49. The summed E-state index contributed by atoms with van der Waals surface area (Å²) < 4.78 is 0. The molecule has 2 heterocycles. The second kappa shape index (κ2) is 9.92. The molecule has 0 saturated carbocycles. The van der Waals surface area contributed by atoms with E-state index in [0.29, 0.717) is 24.6 Å². The number of hydrogen-bond acceptors (Lipinski definition) is 3. The Bertz CT molecular complexity index is 1110. The minimum Gasteiger partial charge on any atom is -0.329 e. The van der Waals surface area contributed by atoms with E-state index in [-0.39, 0.29) is 17.9 Å². The predicted molar refractivity (Wildman–Crippen MR) is 136 cm³/mol. The summed E-state index contributed by atoms with van der Waals surface area (Å²) in [5, 5.41) is 2.02. The van der Waals surface area contributed by atoms with Gasteiger partial charge in [0, 0.05) is 29.2 Å². The van der Waals surface area contributed by atoms with Crippen LogP contribution in [-0.4, -0.2) is 29.8 Å². The van der Waals surface area contributed by atoms with Crippen LogP contribution in [-0.2, 0) is 11.2 Å². The maximum Gasteiger partial charge on any atom is 0.254 e. The van der Waals surface area contributed by atoms with Crippen molar-refractivity contribution in [2.45, 2.75) is 46.1 Å². The molecule has 1 aliphatic rings. The van der Waals surface area contributed by atoms with Crippen LogP contribution in [0.5, 0.6) is 0 Å². The summed E-state index contributed by atoms with van der Waals surface area (Å²) in [5.41, 5.74) is 3.61. The molecule has 0 unspecified atom stereocenters. The summed E-state index contributed by atoms with van der Waals surface area (Å²) in [5.74, 6) is -0.116. The van der Waals surface area contributed by atoms with Crippen LogP contribution < -0.4 is 4.90 Å². The van der Waals surface area contributed by atoms with E-state index in [1.165, 1.54) is 5.56 Å². The highest BCUT2D eigenvalue weighted by Gasteiger charge is 2.46. The minimum absolute atomic E-state index is 0.0112. The molecule has 2 amide bonds. The van der Waals surface area contributed by atoms with Crippen molar-refractivity contribution in [3.63, 3.8) is 0 Å². The van der Waals surface area contributed by atoms with E-state index in [4.69, 9.17) is 0 Å². The van der Waals surface area contributed by atoms with Gasteiger partial charge in [0.1, 0.15) is 0 Å². The van der Waals surface area contributed by atoms with Gasteiger partial charge in [-0.1, -0.05) is 57.2 Å². The molecule has 0 fully saturated rings. The Morgan fingerprint density at radius 2 is 1.76 bits per heavy atom. The Balaban J connectivity index is 1.85. The van der Waals surface area contributed by atoms with Crippen molar-refractivity contribution in [3.05, 3.63) is 87.6 Å². The van der Waals surface area contributed by atoms with Gasteiger partial charge >= 0.3 is 0 Å². The second-order valence-corrected chi connectivity index (χ2v) is 9.96. The van der Waals surface area contributed by atoms with Crippen molar-refractivity contribution in [1.29, 1.82) is 0 Å². The topological polar surface area (TPSA) is 40.6 Å². The van der Waals surface area contributed by atoms with Gasteiger partial charge in [-0.15, -0.1) is 11.3 Å². The van der Waals surface area contributed by atoms with E-state index in [1.54, 1.807) is 11.3 Å². The molecule has 172 valence electrons. The Morgan fingerprint density at radius 3 is 2.36 bits per heavy atom. The molecule has 5 heteroatoms. The third-order valence-corrected chi connectivity index (χ3v) is 7.28. The van der Waals surface area contributed by atoms with E-state index in [2.05, 4.69) is 39.0 Å².